The topological polar surface area (TPSA) is 82.0 Å². The Morgan fingerprint density at radius 3 is 2.48 bits per heavy atom. The summed E-state index contributed by atoms with van der Waals surface area (Å²) < 4.78 is 0. The summed E-state index contributed by atoms with van der Waals surface area (Å²) in [5, 5.41) is 13.6. The van der Waals surface area contributed by atoms with Crippen LogP contribution in [-0.4, -0.2) is 9.91 Å². The summed E-state index contributed by atoms with van der Waals surface area (Å²) in [5.74, 6) is 0. The number of rotatable bonds is 5. The highest BCUT2D eigenvalue weighted by Crippen LogP contribution is 2.26. The zero-order chi connectivity index (χ0) is 16.2. The molecule has 6 heteroatoms. The number of non-ortho nitro benzene ring substituents is 1. The van der Waals surface area contributed by atoms with Crippen molar-refractivity contribution < 1.29 is 4.92 Å². The number of hydrogen-bond acceptors (Lipinski definition) is 5. The molecular formula is C17H15N3O2S. The number of hydrogen-bond donors (Lipinski definition) is 1. The van der Waals surface area contributed by atoms with Crippen molar-refractivity contribution in [3.8, 4) is 10.6 Å². The standard InChI is InChI=1S/C17H15N3O2S/c18-15(10-12-6-8-14(9-7-12)20(21)22)16-11-23-17(19-16)13-4-2-1-3-5-13/h1-9,11,15H,10,18H2/t15-/m0/s1. The van der Waals surface area contributed by atoms with Crippen molar-refractivity contribution in [1.29, 1.82) is 0 Å². The van der Waals surface area contributed by atoms with Crippen molar-refractivity contribution in [2.24, 2.45) is 5.73 Å². The third-order valence-electron chi connectivity index (χ3n) is 3.53. The third kappa shape index (κ3) is 3.61. The summed E-state index contributed by atoms with van der Waals surface area (Å²) in [7, 11) is 0. The van der Waals surface area contributed by atoms with Gasteiger partial charge in [-0.1, -0.05) is 42.5 Å². The van der Waals surface area contributed by atoms with E-state index in [-0.39, 0.29) is 11.7 Å². The van der Waals surface area contributed by atoms with E-state index in [4.69, 9.17) is 5.73 Å². The van der Waals surface area contributed by atoms with Crippen LogP contribution in [0.3, 0.4) is 0 Å². The molecule has 0 bridgehead atoms. The molecule has 23 heavy (non-hydrogen) atoms. The van der Waals surface area contributed by atoms with Gasteiger partial charge in [-0.05, 0) is 12.0 Å². The van der Waals surface area contributed by atoms with Gasteiger partial charge < -0.3 is 5.73 Å². The summed E-state index contributed by atoms with van der Waals surface area (Å²) in [5.41, 5.74) is 9.18. The second kappa shape index (κ2) is 6.68. The minimum atomic E-state index is -0.406. The molecule has 2 aromatic carbocycles. The molecule has 116 valence electrons. The first kappa shape index (κ1) is 15.3. The molecule has 1 heterocycles. The Hall–Kier alpha value is -2.57. The monoisotopic (exact) mass is 325 g/mol. The second-order valence-electron chi connectivity index (χ2n) is 5.18. The number of thiazole rings is 1. The minimum Gasteiger partial charge on any atom is -0.322 e. The van der Waals surface area contributed by atoms with Crippen molar-refractivity contribution in [1.82, 2.24) is 4.98 Å². The van der Waals surface area contributed by atoms with E-state index in [1.54, 1.807) is 23.5 Å². The van der Waals surface area contributed by atoms with Crippen LogP contribution in [0, 0.1) is 10.1 Å². The smallest absolute Gasteiger partial charge is 0.269 e. The summed E-state index contributed by atoms with van der Waals surface area (Å²) in [6.07, 6.45) is 0.593. The molecule has 2 N–H and O–H groups in total. The average Bonchev–Trinajstić information content (AvgIpc) is 3.06. The van der Waals surface area contributed by atoms with Gasteiger partial charge in [-0.15, -0.1) is 11.3 Å². The van der Waals surface area contributed by atoms with Gasteiger partial charge in [-0.25, -0.2) is 4.98 Å². The van der Waals surface area contributed by atoms with Crippen molar-refractivity contribution in [3.63, 3.8) is 0 Å². The highest BCUT2D eigenvalue weighted by molar-refractivity contribution is 7.13. The SMILES string of the molecule is N[C@@H](Cc1ccc([N+](=O)[O-])cc1)c1csc(-c2ccccc2)n1. The van der Waals surface area contributed by atoms with E-state index in [9.17, 15) is 10.1 Å². The molecule has 3 rings (SSSR count). The molecule has 0 aliphatic rings. The van der Waals surface area contributed by atoms with E-state index in [0.717, 1.165) is 21.8 Å². The highest BCUT2D eigenvalue weighted by atomic mass is 32.1. The Labute approximate surface area is 137 Å². The van der Waals surface area contributed by atoms with Gasteiger partial charge in [0.15, 0.2) is 0 Å². The highest BCUT2D eigenvalue weighted by Gasteiger charge is 2.13. The van der Waals surface area contributed by atoms with Gasteiger partial charge in [-0.3, -0.25) is 10.1 Å². The molecule has 0 fully saturated rings. The fraction of sp³-hybridized carbons (Fsp3) is 0.118. The molecule has 0 aliphatic heterocycles. The number of nitro benzene ring substituents is 1. The van der Waals surface area contributed by atoms with Gasteiger partial charge in [0.25, 0.3) is 5.69 Å². The van der Waals surface area contributed by atoms with Crippen LogP contribution < -0.4 is 5.73 Å². The van der Waals surface area contributed by atoms with E-state index in [2.05, 4.69) is 4.98 Å². The van der Waals surface area contributed by atoms with Gasteiger partial charge in [0.1, 0.15) is 5.01 Å². The van der Waals surface area contributed by atoms with Gasteiger partial charge in [0.2, 0.25) is 0 Å². The lowest BCUT2D eigenvalue weighted by Crippen LogP contribution is -2.13. The molecule has 1 aromatic heterocycles. The molecule has 1 atom stereocenters. The van der Waals surface area contributed by atoms with Gasteiger partial charge >= 0.3 is 0 Å². The predicted molar refractivity (Wildman–Crippen MR) is 91.3 cm³/mol. The van der Waals surface area contributed by atoms with Crippen LogP contribution >= 0.6 is 11.3 Å². The first-order chi connectivity index (χ1) is 11.1. The Balaban J connectivity index is 1.72. The van der Waals surface area contributed by atoms with Gasteiger partial charge in [0, 0.05) is 23.1 Å². The van der Waals surface area contributed by atoms with Crippen LogP contribution in [0.1, 0.15) is 17.3 Å². The van der Waals surface area contributed by atoms with Crippen molar-refractivity contribution in [2.45, 2.75) is 12.5 Å². The Morgan fingerprint density at radius 2 is 1.83 bits per heavy atom. The van der Waals surface area contributed by atoms with Crippen LogP contribution in [0.15, 0.2) is 60.0 Å². The predicted octanol–water partition coefficient (Wildman–Crippen LogP) is 3.96. The maximum atomic E-state index is 10.7. The van der Waals surface area contributed by atoms with Crippen LogP contribution in [0.5, 0.6) is 0 Å². The van der Waals surface area contributed by atoms with Crippen LogP contribution in [0.25, 0.3) is 10.6 Å². The lowest BCUT2D eigenvalue weighted by atomic mass is 10.0. The van der Waals surface area contributed by atoms with Crippen molar-refractivity contribution in [2.75, 3.05) is 0 Å². The molecule has 0 spiro atoms. The summed E-state index contributed by atoms with van der Waals surface area (Å²) in [6.45, 7) is 0. The summed E-state index contributed by atoms with van der Waals surface area (Å²) >= 11 is 1.57. The summed E-state index contributed by atoms with van der Waals surface area (Å²) in [4.78, 5) is 14.9. The number of benzene rings is 2. The first-order valence-electron chi connectivity index (χ1n) is 7.13. The van der Waals surface area contributed by atoms with Crippen molar-refractivity contribution in [3.05, 3.63) is 81.3 Å². The van der Waals surface area contributed by atoms with Crippen LogP contribution in [0.2, 0.25) is 0 Å². The maximum Gasteiger partial charge on any atom is 0.269 e. The van der Waals surface area contributed by atoms with E-state index in [1.807, 2.05) is 35.7 Å². The van der Waals surface area contributed by atoms with Crippen molar-refractivity contribution >= 4 is 17.0 Å². The molecule has 0 unspecified atom stereocenters. The molecule has 3 aromatic rings. The Bertz CT molecular complexity index is 800. The van der Waals surface area contributed by atoms with E-state index in [0.29, 0.717) is 6.42 Å². The number of nitrogens with two attached hydrogens (primary N) is 1. The largest absolute Gasteiger partial charge is 0.322 e. The van der Waals surface area contributed by atoms with E-state index < -0.39 is 4.92 Å². The Kier molecular flexibility index (Phi) is 4.45. The minimum absolute atomic E-state index is 0.0855. The molecule has 0 saturated heterocycles. The quantitative estimate of drug-likeness (QED) is 0.568. The average molecular weight is 325 g/mol. The molecular weight excluding hydrogens is 310 g/mol. The lowest BCUT2D eigenvalue weighted by molar-refractivity contribution is -0.384. The number of nitro groups is 1. The molecule has 0 amide bonds. The molecule has 5 nitrogen and oxygen atoms in total. The van der Waals surface area contributed by atoms with Crippen LogP contribution in [0.4, 0.5) is 5.69 Å². The first-order valence-corrected chi connectivity index (χ1v) is 8.01. The zero-order valence-electron chi connectivity index (χ0n) is 12.3. The van der Waals surface area contributed by atoms with E-state index in [1.165, 1.54) is 12.1 Å². The van der Waals surface area contributed by atoms with Gasteiger partial charge in [0.05, 0.1) is 16.7 Å². The zero-order valence-corrected chi connectivity index (χ0v) is 13.1. The maximum absolute atomic E-state index is 10.7. The van der Waals surface area contributed by atoms with E-state index >= 15 is 0 Å². The number of aromatic nitrogens is 1. The second-order valence-corrected chi connectivity index (χ2v) is 6.04. The Morgan fingerprint density at radius 1 is 1.13 bits per heavy atom. The number of nitrogens with zero attached hydrogens (tertiary/aromatic N) is 2. The fourth-order valence-electron chi connectivity index (χ4n) is 2.28. The lowest BCUT2D eigenvalue weighted by Gasteiger charge is -2.08. The normalized spacial score (nSPS) is 12.0. The summed E-state index contributed by atoms with van der Waals surface area (Å²) in [6, 6.07) is 16.2. The fourth-order valence-corrected chi connectivity index (χ4v) is 3.17. The molecule has 0 aliphatic carbocycles. The molecule has 0 radical (unpaired) electrons. The van der Waals surface area contributed by atoms with Crippen LogP contribution in [-0.2, 0) is 6.42 Å². The van der Waals surface area contributed by atoms with Gasteiger partial charge in [-0.2, -0.15) is 0 Å². The molecule has 0 saturated carbocycles. The third-order valence-corrected chi connectivity index (χ3v) is 4.43.